The lowest BCUT2D eigenvalue weighted by molar-refractivity contribution is 0.0993. The summed E-state index contributed by atoms with van der Waals surface area (Å²) in [4.78, 5) is 19.1. The molecule has 0 fully saturated rings. The molecule has 18 heavy (non-hydrogen) atoms. The molecule has 1 unspecified atom stereocenters. The van der Waals surface area contributed by atoms with E-state index in [2.05, 4.69) is 25.9 Å². The van der Waals surface area contributed by atoms with Crippen molar-refractivity contribution in [2.75, 3.05) is 6.26 Å². The molecule has 1 atom stereocenters. The van der Waals surface area contributed by atoms with Crippen molar-refractivity contribution in [1.29, 1.82) is 0 Å². The number of aromatic nitrogens is 2. The van der Waals surface area contributed by atoms with Gasteiger partial charge in [0, 0.05) is 34.1 Å². The molecule has 0 aliphatic carbocycles. The first-order chi connectivity index (χ1) is 8.30. The van der Waals surface area contributed by atoms with Crippen LogP contribution < -0.4 is 0 Å². The van der Waals surface area contributed by atoms with E-state index in [0.29, 0.717) is 16.6 Å². The van der Waals surface area contributed by atoms with Crippen LogP contribution in [0.25, 0.3) is 11.0 Å². The molecule has 0 amide bonds. The minimum Gasteiger partial charge on any atom is -0.345 e. The van der Waals surface area contributed by atoms with Crippen LogP contribution in [0.4, 0.5) is 0 Å². The van der Waals surface area contributed by atoms with Crippen molar-refractivity contribution < 1.29 is 13.2 Å². The van der Waals surface area contributed by atoms with Crippen LogP contribution in [0.2, 0.25) is 0 Å². The van der Waals surface area contributed by atoms with Crippen molar-refractivity contribution in [3.05, 3.63) is 28.5 Å². The Morgan fingerprint density at radius 3 is 2.78 bits per heavy atom. The molecule has 2 rings (SSSR count). The third-order valence-corrected chi connectivity index (χ3v) is 4.71. The van der Waals surface area contributed by atoms with Crippen LogP contribution in [0, 0.1) is 0 Å². The Labute approximate surface area is 113 Å². The predicted molar refractivity (Wildman–Crippen MR) is 72.4 cm³/mol. The third kappa shape index (κ3) is 2.32. The molecule has 7 heteroatoms. The first-order valence-electron chi connectivity index (χ1n) is 5.16. The smallest absolute Gasteiger partial charge is 0.182 e. The van der Waals surface area contributed by atoms with E-state index in [0.717, 1.165) is 10.7 Å². The number of carbonyl (C=O) groups is 1. The maximum atomic E-state index is 12.1. The Balaban J connectivity index is 2.55. The third-order valence-electron chi connectivity index (χ3n) is 2.77. The molecular formula is C11H11BrN2O3S. The van der Waals surface area contributed by atoms with Gasteiger partial charge in [0.05, 0.1) is 0 Å². The topological polar surface area (TPSA) is 79.9 Å². The van der Waals surface area contributed by atoms with Crippen LogP contribution in [-0.4, -0.2) is 35.7 Å². The summed E-state index contributed by atoms with van der Waals surface area (Å²) in [5.74, 6) is -0.427. The van der Waals surface area contributed by atoms with Gasteiger partial charge in [-0.15, -0.1) is 0 Å². The molecule has 2 heterocycles. The first kappa shape index (κ1) is 13.2. The summed E-state index contributed by atoms with van der Waals surface area (Å²) in [5, 5.41) is -0.444. The lowest BCUT2D eigenvalue weighted by atomic mass is 10.1. The Bertz CT molecular complexity index is 721. The van der Waals surface area contributed by atoms with Crippen molar-refractivity contribution in [2.45, 2.75) is 12.2 Å². The fourth-order valence-electron chi connectivity index (χ4n) is 1.60. The van der Waals surface area contributed by atoms with Gasteiger partial charge in [0.15, 0.2) is 15.6 Å². The van der Waals surface area contributed by atoms with E-state index >= 15 is 0 Å². The highest BCUT2D eigenvalue weighted by Crippen LogP contribution is 2.22. The van der Waals surface area contributed by atoms with Crippen molar-refractivity contribution in [2.24, 2.45) is 0 Å². The van der Waals surface area contributed by atoms with Crippen LogP contribution in [0.5, 0.6) is 0 Å². The van der Waals surface area contributed by atoms with Crippen molar-refractivity contribution in [1.82, 2.24) is 9.97 Å². The van der Waals surface area contributed by atoms with Gasteiger partial charge >= 0.3 is 0 Å². The van der Waals surface area contributed by atoms with Crippen molar-refractivity contribution in [3.8, 4) is 0 Å². The van der Waals surface area contributed by atoms with Gasteiger partial charge in [-0.25, -0.2) is 13.4 Å². The fourth-order valence-corrected chi connectivity index (χ4v) is 2.44. The molecule has 0 radical (unpaired) electrons. The molecule has 0 aliphatic heterocycles. The summed E-state index contributed by atoms with van der Waals surface area (Å²) in [7, 11) is -3.40. The number of Topliss-reactive ketones (excluding diaryl/α,β-unsaturated/α-hetero) is 1. The molecule has 0 aromatic carbocycles. The number of hydrogen-bond donors (Lipinski definition) is 1. The molecule has 2 aromatic rings. The van der Waals surface area contributed by atoms with Crippen LogP contribution in [0.3, 0.4) is 0 Å². The molecule has 0 saturated carbocycles. The quantitative estimate of drug-likeness (QED) is 0.872. The van der Waals surface area contributed by atoms with E-state index in [1.54, 1.807) is 12.3 Å². The number of ketones is 1. The van der Waals surface area contributed by atoms with Crippen molar-refractivity contribution >= 4 is 42.6 Å². The molecule has 96 valence electrons. The van der Waals surface area contributed by atoms with Gasteiger partial charge in [-0.3, -0.25) is 4.79 Å². The summed E-state index contributed by atoms with van der Waals surface area (Å²) >= 11 is 3.27. The number of halogens is 1. The minimum absolute atomic E-state index is 0.344. The molecule has 0 bridgehead atoms. The standard InChI is InChI=1S/C11H11BrN2O3S/c1-6(18(2,16)17)10(15)9-5-14-11-8(9)3-7(12)4-13-11/h3-6H,1-2H3,(H,13,14). The fraction of sp³-hybridized carbons (Fsp3) is 0.273. The SMILES string of the molecule is CC(C(=O)c1c[nH]c2ncc(Br)cc12)S(C)(=O)=O. The van der Waals surface area contributed by atoms with Crippen LogP contribution in [0.1, 0.15) is 17.3 Å². The number of carbonyl (C=O) groups excluding carboxylic acids is 1. The van der Waals surface area contributed by atoms with E-state index in [4.69, 9.17) is 0 Å². The average Bonchev–Trinajstić information content (AvgIpc) is 2.68. The first-order valence-corrected chi connectivity index (χ1v) is 7.91. The minimum atomic E-state index is -3.40. The number of pyridine rings is 1. The van der Waals surface area contributed by atoms with Crippen LogP contribution in [0.15, 0.2) is 22.9 Å². The monoisotopic (exact) mass is 330 g/mol. The average molecular weight is 331 g/mol. The maximum Gasteiger partial charge on any atom is 0.182 e. The zero-order valence-electron chi connectivity index (χ0n) is 9.77. The lowest BCUT2D eigenvalue weighted by Crippen LogP contribution is -2.26. The summed E-state index contributed by atoms with van der Waals surface area (Å²) in [6.45, 7) is 1.39. The predicted octanol–water partition coefficient (Wildman–Crippen LogP) is 1.94. The number of aromatic amines is 1. The highest BCUT2D eigenvalue weighted by Gasteiger charge is 2.26. The van der Waals surface area contributed by atoms with Gasteiger partial charge in [0.2, 0.25) is 0 Å². The number of nitrogens with one attached hydrogen (secondary N) is 1. The molecule has 0 aliphatic rings. The number of H-pyrrole nitrogens is 1. The number of fused-ring (bicyclic) bond motifs is 1. The number of sulfone groups is 1. The van der Waals surface area contributed by atoms with Crippen LogP contribution >= 0.6 is 15.9 Å². The second-order valence-electron chi connectivity index (χ2n) is 4.09. The molecule has 1 N–H and O–H groups in total. The molecule has 0 spiro atoms. The highest BCUT2D eigenvalue weighted by molar-refractivity contribution is 9.10. The summed E-state index contributed by atoms with van der Waals surface area (Å²) < 4.78 is 23.6. The van der Waals surface area contributed by atoms with Gasteiger partial charge in [-0.2, -0.15) is 0 Å². The second kappa shape index (κ2) is 4.47. The van der Waals surface area contributed by atoms with E-state index in [1.165, 1.54) is 13.1 Å². The summed E-state index contributed by atoms with van der Waals surface area (Å²) in [6.07, 6.45) is 4.15. The highest BCUT2D eigenvalue weighted by atomic mass is 79.9. The number of rotatable bonds is 3. The van der Waals surface area contributed by atoms with Gasteiger partial charge in [0.25, 0.3) is 0 Å². The molecule has 0 saturated heterocycles. The van der Waals surface area contributed by atoms with Crippen molar-refractivity contribution in [3.63, 3.8) is 0 Å². The van der Waals surface area contributed by atoms with Gasteiger partial charge in [-0.05, 0) is 28.9 Å². The maximum absolute atomic E-state index is 12.1. The zero-order chi connectivity index (χ0) is 13.5. The molecule has 2 aromatic heterocycles. The molecule has 5 nitrogen and oxygen atoms in total. The Hall–Kier alpha value is -1.21. The lowest BCUT2D eigenvalue weighted by Gasteiger charge is -2.06. The van der Waals surface area contributed by atoms with Gasteiger partial charge in [0.1, 0.15) is 10.9 Å². The zero-order valence-corrected chi connectivity index (χ0v) is 12.2. The van der Waals surface area contributed by atoms with E-state index < -0.39 is 20.9 Å². The largest absolute Gasteiger partial charge is 0.345 e. The normalized spacial score (nSPS) is 13.7. The van der Waals surface area contributed by atoms with E-state index in [-0.39, 0.29) is 0 Å². The van der Waals surface area contributed by atoms with E-state index in [1.807, 2.05) is 0 Å². The summed E-state index contributed by atoms with van der Waals surface area (Å²) in [6, 6.07) is 1.74. The Morgan fingerprint density at radius 1 is 1.50 bits per heavy atom. The van der Waals surface area contributed by atoms with Gasteiger partial charge in [-0.1, -0.05) is 0 Å². The van der Waals surface area contributed by atoms with Gasteiger partial charge < -0.3 is 4.98 Å². The molecular weight excluding hydrogens is 320 g/mol. The van der Waals surface area contributed by atoms with Crippen LogP contribution in [-0.2, 0) is 9.84 Å². The Kier molecular flexibility index (Phi) is 3.29. The number of hydrogen-bond acceptors (Lipinski definition) is 4. The number of nitrogens with zero attached hydrogens (tertiary/aromatic N) is 1. The van der Waals surface area contributed by atoms with E-state index in [9.17, 15) is 13.2 Å². The second-order valence-corrected chi connectivity index (χ2v) is 7.37. The Morgan fingerprint density at radius 2 is 2.17 bits per heavy atom. The summed E-state index contributed by atoms with van der Waals surface area (Å²) in [5.41, 5.74) is 0.902.